The second-order valence-electron chi connectivity index (χ2n) is 8.32. The van der Waals surface area contributed by atoms with E-state index in [1.807, 2.05) is 13.0 Å². The summed E-state index contributed by atoms with van der Waals surface area (Å²) < 4.78 is 0. The molecule has 3 aliphatic carbocycles. The first-order valence-corrected chi connectivity index (χ1v) is 8.73. The highest BCUT2D eigenvalue weighted by Crippen LogP contribution is 2.65. The first kappa shape index (κ1) is 17.0. The van der Waals surface area contributed by atoms with E-state index < -0.39 is 5.41 Å². The minimum absolute atomic E-state index is 0.169. The van der Waals surface area contributed by atoms with E-state index in [2.05, 4.69) is 32.6 Å². The molecule has 0 unspecified atom stereocenters. The van der Waals surface area contributed by atoms with E-state index in [1.165, 1.54) is 0 Å². The fraction of sp³-hybridized carbons (Fsp3) is 0.619. The smallest absolute Gasteiger partial charge is 0.196 e. The number of hydrogen-bond donors (Lipinski definition) is 1. The maximum absolute atomic E-state index is 12.4. The topological polar surface area (TPSA) is 61.1 Å². The number of nitriles is 1. The van der Waals surface area contributed by atoms with Crippen molar-refractivity contribution in [2.24, 2.45) is 22.2 Å². The molecule has 0 bridgehead atoms. The molecule has 1 N–H and O–H groups in total. The van der Waals surface area contributed by atoms with Crippen LogP contribution in [0.1, 0.15) is 53.4 Å². The third kappa shape index (κ3) is 2.11. The van der Waals surface area contributed by atoms with Crippen LogP contribution in [-0.2, 0) is 4.79 Å². The quantitative estimate of drug-likeness (QED) is 0.693. The minimum Gasteiger partial charge on any atom is -0.393 e. The maximum atomic E-state index is 12.4. The Bertz CT molecular complexity index is 755. The standard InChI is InChI=1S/C21H25NO2/c1-5-8-21-10-6-16-19(2,3)18(24)7-9-20(16,4)17(21)11-15(23)14(12-21)13-22/h11-12,16,18,24H,6-7,9-10H2,1-4H3/t16-,18+,20-,21-/m0/s1. The zero-order chi connectivity index (χ0) is 17.8. The first-order chi connectivity index (χ1) is 11.2. The second kappa shape index (κ2) is 5.33. The van der Waals surface area contributed by atoms with Gasteiger partial charge in [-0.15, -0.1) is 5.92 Å². The van der Waals surface area contributed by atoms with Gasteiger partial charge in [0, 0.05) is 0 Å². The van der Waals surface area contributed by atoms with Crippen molar-refractivity contribution in [3.63, 3.8) is 0 Å². The van der Waals surface area contributed by atoms with Gasteiger partial charge in [0.1, 0.15) is 6.07 Å². The van der Waals surface area contributed by atoms with Crippen LogP contribution in [0.15, 0.2) is 23.3 Å². The van der Waals surface area contributed by atoms with E-state index in [4.69, 9.17) is 0 Å². The summed E-state index contributed by atoms with van der Waals surface area (Å²) in [6.45, 7) is 8.31. The van der Waals surface area contributed by atoms with Crippen LogP contribution in [-0.4, -0.2) is 17.0 Å². The van der Waals surface area contributed by atoms with Crippen molar-refractivity contribution in [1.82, 2.24) is 0 Å². The van der Waals surface area contributed by atoms with Gasteiger partial charge in [-0.05, 0) is 67.1 Å². The summed E-state index contributed by atoms with van der Waals surface area (Å²) in [5.74, 6) is 6.45. The number of aliphatic hydroxyl groups is 1. The molecule has 0 heterocycles. The Morgan fingerprint density at radius 3 is 2.58 bits per heavy atom. The number of aliphatic hydroxyl groups excluding tert-OH is 1. The van der Waals surface area contributed by atoms with Gasteiger partial charge in [0.25, 0.3) is 0 Å². The Morgan fingerprint density at radius 2 is 1.96 bits per heavy atom. The van der Waals surface area contributed by atoms with Gasteiger partial charge in [0.15, 0.2) is 5.78 Å². The molecule has 0 aromatic rings. The van der Waals surface area contributed by atoms with Crippen molar-refractivity contribution in [3.05, 3.63) is 23.3 Å². The van der Waals surface area contributed by atoms with Crippen LogP contribution in [0.25, 0.3) is 0 Å². The lowest BCUT2D eigenvalue weighted by molar-refractivity contribution is -0.113. The molecule has 0 amide bonds. The summed E-state index contributed by atoms with van der Waals surface area (Å²) in [7, 11) is 0. The number of carbonyl (C=O) groups is 1. The highest BCUT2D eigenvalue weighted by molar-refractivity contribution is 6.09. The fourth-order valence-electron chi connectivity index (χ4n) is 5.51. The number of hydrogen-bond acceptors (Lipinski definition) is 3. The molecule has 0 aromatic heterocycles. The van der Waals surface area contributed by atoms with Crippen LogP contribution < -0.4 is 0 Å². The normalized spacial score (nSPS) is 40.1. The third-order valence-corrected chi connectivity index (χ3v) is 6.79. The van der Waals surface area contributed by atoms with Gasteiger partial charge in [-0.3, -0.25) is 4.79 Å². The van der Waals surface area contributed by atoms with Gasteiger partial charge < -0.3 is 5.11 Å². The molecule has 3 rings (SSSR count). The molecule has 3 heteroatoms. The summed E-state index contributed by atoms with van der Waals surface area (Å²) in [6, 6.07) is 2.04. The van der Waals surface area contributed by atoms with Crippen LogP contribution in [0.4, 0.5) is 0 Å². The van der Waals surface area contributed by atoms with Crippen molar-refractivity contribution < 1.29 is 9.90 Å². The van der Waals surface area contributed by atoms with Gasteiger partial charge in [0.05, 0.1) is 17.1 Å². The summed E-state index contributed by atoms with van der Waals surface area (Å²) in [5.41, 5.74) is 0.403. The molecule has 24 heavy (non-hydrogen) atoms. The number of allylic oxidation sites excluding steroid dienone is 4. The van der Waals surface area contributed by atoms with Crippen molar-refractivity contribution in [1.29, 1.82) is 5.26 Å². The number of carbonyl (C=O) groups excluding carboxylic acids is 1. The Hall–Kier alpha value is -1.84. The summed E-state index contributed by atoms with van der Waals surface area (Å²) in [6.07, 6.45) is 6.50. The van der Waals surface area contributed by atoms with Gasteiger partial charge in [-0.25, -0.2) is 0 Å². The molecule has 0 spiro atoms. The van der Waals surface area contributed by atoms with Gasteiger partial charge in [-0.1, -0.05) is 26.7 Å². The highest BCUT2D eigenvalue weighted by Gasteiger charge is 2.59. The first-order valence-electron chi connectivity index (χ1n) is 8.73. The van der Waals surface area contributed by atoms with Gasteiger partial charge in [-0.2, -0.15) is 5.26 Å². The molecule has 3 nitrogen and oxygen atoms in total. The lowest BCUT2D eigenvalue weighted by atomic mass is 9.44. The third-order valence-electron chi connectivity index (χ3n) is 6.79. The van der Waals surface area contributed by atoms with Gasteiger partial charge >= 0.3 is 0 Å². The van der Waals surface area contributed by atoms with Gasteiger partial charge in [0.2, 0.25) is 0 Å². The molecule has 2 saturated carbocycles. The van der Waals surface area contributed by atoms with E-state index in [9.17, 15) is 15.2 Å². The van der Waals surface area contributed by atoms with E-state index in [1.54, 1.807) is 12.2 Å². The molecule has 0 radical (unpaired) electrons. The lowest BCUT2D eigenvalue weighted by Gasteiger charge is -2.60. The fourth-order valence-corrected chi connectivity index (χ4v) is 5.51. The average Bonchev–Trinajstić information content (AvgIpc) is 2.52. The van der Waals surface area contributed by atoms with Crippen LogP contribution in [0.2, 0.25) is 0 Å². The molecule has 4 atom stereocenters. The Kier molecular flexibility index (Phi) is 3.78. The molecule has 2 fully saturated rings. The zero-order valence-electron chi connectivity index (χ0n) is 14.9. The number of fused-ring (bicyclic) bond motifs is 3. The van der Waals surface area contributed by atoms with Crippen molar-refractivity contribution >= 4 is 5.78 Å². The van der Waals surface area contributed by atoms with E-state index in [-0.39, 0.29) is 28.3 Å². The molecular weight excluding hydrogens is 298 g/mol. The predicted octanol–water partition coefficient (Wildman–Crippen LogP) is 3.55. The highest BCUT2D eigenvalue weighted by atomic mass is 16.3. The average molecular weight is 323 g/mol. The van der Waals surface area contributed by atoms with E-state index in [0.717, 1.165) is 31.3 Å². The minimum atomic E-state index is -0.503. The Morgan fingerprint density at radius 1 is 1.25 bits per heavy atom. The monoisotopic (exact) mass is 323 g/mol. The van der Waals surface area contributed by atoms with Crippen molar-refractivity contribution in [2.75, 3.05) is 0 Å². The van der Waals surface area contributed by atoms with E-state index in [0.29, 0.717) is 5.92 Å². The number of ketones is 1. The van der Waals surface area contributed by atoms with Crippen molar-refractivity contribution in [2.45, 2.75) is 59.5 Å². The van der Waals surface area contributed by atoms with Crippen LogP contribution >= 0.6 is 0 Å². The largest absolute Gasteiger partial charge is 0.393 e. The Labute approximate surface area is 144 Å². The molecular formula is C21H25NO2. The molecule has 0 aliphatic heterocycles. The van der Waals surface area contributed by atoms with Crippen LogP contribution in [0, 0.1) is 45.3 Å². The summed E-state index contributed by atoms with van der Waals surface area (Å²) in [5, 5.41) is 19.8. The maximum Gasteiger partial charge on any atom is 0.196 e. The lowest BCUT2D eigenvalue weighted by Crippen LogP contribution is -2.55. The second-order valence-corrected chi connectivity index (χ2v) is 8.32. The number of rotatable bonds is 0. The predicted molar refractivity (Wildman–Crippen MR) is 92.5 cm³/mol. The SMILES string of the molecule is CC#C[C@]12C=C(C#N)C(=O)C=C1[C@@]1(C)CC[C@@H](O)C(C)(C)[C@@H]1CC2. The zero-order valence-corrected chi connectivity index (χ0v) is 14.9. The van der Waals surface area contributed by atoms with Crippen LogP contribution in [0.3, 0.4) is 0 Å². The molecule has 126 valence electrons. The summed E-state index contributed by atoms with van der Waals surface area (Å²) >= 11 is 0. The molecule has 3 aliphatic rings. The van der Waals surface area contributed by atoms with Crippen LogP contribution in [0.5, 0.6) is 0 Å². The number of nitrogens with zero attached hydrogens (tertiary/aromatic N) is 1. The van der Waals surface area contributed by atoms with Crippen molar-refractivity contribution in [3.8, 4) is 17.9 Å². The Balaban J connectivity index is 2.18. The van der Waals surface area contributed by atoms with E-state index >= 15 is 0 Å². The summed E-state index contributed by atoms with van der Waals surface area (Å²) in [4.78, 5) is 12.4. The molecule has 0 saturated heterocycles. The molecule has 0 aromatic carbocycles.